The fourth-order valence-electron chi connectivity index (χ4n) is 2.70. The second kappa shape index (κ2) is 4.86. The maximum atomic E-state index is 4.78. The van der Waals surface area contributed by atoms with E-state index in [0.29, 0.717) is 0 Å². The highest BCUT2D eigenvalue weighted by Crippen LogP contribution is 2.33. The molecule has 0 spiro atoms. The first-order valence-corrected chi connectivity index (χ1v) is 8.12. The quantitative estimate of drug-likeness (QED) is 0.935. The average molecular weight is 285 g/mol. The van der Waals surface area contributed by atoms with Crippen LogP contribution in [0.25, 0.3) is 0 Å². The van der Waals surface area contributed by atoms with Gasteiger partial charge in [0.15, 0.2) is 5.13 Å². The number of hydrogen-bond acceptors (Lipinski definition) is 4. The molecule has 2 aromatic rings. The molecular weight excluding hydrogens is 266 g/mol. The molecule has 1 aliphatic heterocycles. The molecule has 104 valence electrons. The molecule has 1 saturated carbocycles. The van der Waals surface area contributed by atoms with Gasteiger partial charge in [0, 0.05) is 30.6 Å². The van der Waals surface area contributed by atoms with Crippen molar-refractivity contribution in [3.05, 3.63) is 46.0 Å². The monoisotopic (exact) mass is 285 g/mol. The maximum Gasteiger partial charge on any atom is 0.186 e. The Balaban J connectivity index is 1.50. The minimum absolute atomic E-state index is 0.760. The average Bonchev–Trinajstić information content (AvgIpc) is 3.06. The predicted molar refractivity (Wildman–Crippen MR) is 83.0 cm³/mol. The van der Waals surface area contributed by atoms with Gasteiger partial charge in [0.05, 0.1) is 5.69 Å². The minimum atomic E-state index is 0.760. The molecule has 0 bridgehead atoms. The van der Waals surface area contributed by atoms with Crippen molar-refractivity contribution >= 4 is 16.5 Å². The van der Waals surface area contributed by atoms with Gasteiger partial charge in [0.1, 0.15) is 0 Å². The number of aryl methyl sites for hydroxylation is 1. The van der Waals surface area contributed by atoms with Crippen molar-refractivity contribution in [1.82, 2.24) is 10.3 Å². The molecule has 0 saturated heterocycles. The normalized spacial score (nSPS) is 17.6. The molecule has 1 aromatic heterocycles. The van der Waals surface area contributed by atoms with Crippen molar-refractivity contribution in [2.75, 3.05) is 4.90 Å². The van der Waals surface area contributed by atoms with Crippen molar-refractivity contribution in [1.29, 1.82) is 0 Å². The largest absolute Gasteiger partial charge is 0.339 e. The van der Waals surface area contributed by atoms with Crippen molar-refractivity contribution < 1.29 is 0 Å². The first kappa shape index (κ1) is 12.4. The Labute approximate surface area is 123 Å². The van der Waals surface area contributed by atoms with E-state index >= 15 is 0 Å². The van der Waals surface area contributed by atoms with Gasteiger partial charge >= 0.3 is 0 Å². The van der Waals surface area contributed by atoms with Crippen LogP contribution in [0.2, 0.25) is 0 Å². The number of aromatic nitrogens is 1. The van der Waals surface area contributed by atoms with Crippen LogP contribution in [-0.2, 0) is 19.6 Å². The summed E-state index contributed by atoms with van der Waals surface area (Å²) >= 11 is 1.85. The van der Waals surface area contributed by atoms with E-state index in [4.69, 9.17) is 4.98 Å². The predicted octanol–water partition coefficient (Wildman–Crippen LogP) is 3.22. The molecule has 20 heavy (non-hydrogen) atoms. The van der Waals surface area contributed by atoms with Crippen LogP contribution in [0.15, 0.2) is 24.3 Å². The standard InChI is InChI=1S/C16H19N3S/c1-11-15(8-17-14-6-7-14)20-16(18-11)19-9-12-4-2-3-5-13(12)10-19/h2-5,14,17H,6-10H2,1H3. The number of benzene rings is 1. The second-order valence-electron chi connectivity index (χ2n) is 5.78. The van der Waals surface area contributed by atoms with E-state index in [2.05, 4.69) is 41.4 Å². The summed E-state index contributed by atoms with van der Waals surface area (Å²) in [5.41, 5.74) is 4.07. The van der Waals surface area contributed by atoms with E-state index in [9.17, 15) is 0 Å². The third kappa shape index (κ3) is 2.34. The van der Waals surface area contributed by atoms with Crippen LogP contribution >= 0.6 is 11.3 Å². The van der Waals surface area contributed by atoms with Gasteiger partial charge < -0.3 is 10.2 Å². The number of nitrogens with zero attached hydrogens (tertiary/aromatic N) is 2. The Morgan fingerprint density at radius 2 is 1.95 bits per heavy atom. The number of anilines is 1. The molecule has 1 N–H and O–H groups in total. The second-order valence-corrected chi connectivity index (χ2v) is 6.85. The first-order valence-electron chi connectivity index (χ1n) is 7.31. The van der Waals surface area contributed by atoms with Gasteiger partial charge in [-0.1, -0.05) is 24.3 Å². The zero-order valence-corrected chi connectivity index (χ0v) is 12.5. The van der Waals surface area contributed by atoms with E-state index in [-0.39, 0.29) is 0 Å². The molecule has 4 rings (SSSR count). The highest BCUT2D eigenvalue weighted by atomic mass is 32.1. The number of fused-ring (bicyclic) bond motifs is 1. The Morgan fingerprint density at radius 1 is 1.25 bits per heavy atom. The molecule has 4 heteroatoms. The zero-order chi connectivity index (χ0) is 13.5. The van der Waals surface area contributed by atoms with Crippen LogP contribution in [0.4, 0.5) is 5.13 Å². The molecule has 1 aromatic carbocycles. The van der Waals surface area contributed by atoms with Gasteiger partial charge in [0.25, 0.3) is 0 Å². The molecule has 0 radical (unpaired) electrons. The Morgan fingerprint density at radius 3 is 2.60 bits per heavy atom. The molecule has 2 heterocycles. The summed E-state index contributed by atoms with van der Waals surface area (Å²) in [4.78, 5) is 8.56. The lowest BCUT2D eigenvalue weighted by Gasteiger charge is -2.12. The van der Waals surface area contributed by atoms with Gasteiger partial charge in [-0.3, -0.25) is 0 Å². The molecule has 0 atom stereocenters. The zero-order valence-electron chi connectivity index (χ0n) is 11.7. The van der Waals surface area contributed by atoms with Crippen molar-refractivity contribution in [3.63, 3.8) is 0 Å². The van der Waals surface area contributed by atoms with Gasteiger partial charge in [-0.05, 0) is 30.9 Å². The number of thiazole rings is 1. The molecule has 1 aliphatic carbocycles. The summed E-state index contributed by atoms with van der Waals surface area (Å²) < 4.78 is 0. The van der Waals surface area contributed by atoms with E-state index in [1.807, 2.05) is 11.3 Å². The van der Waals surface area contributed by atoms with Gasteiger partial charge in [0.2, 0.25) is 0 Å². The molecule has 2 aliphatic rings. The Kier molecular flexibility index (Phi) is 3.00. The number of hydrogen-bond donors (Lipinski definition) is 1. The van der Waals surface area contributed by atoms with Crippen molar-refractivity contribution in [2.45, 2.75) is 45.4 Å². The maximum absolute atomic E-state index is 4.78. The fraction of sp³-hybridized carbons (Fsp3) is 0.438. The lowest BCUT2D eigenvalue weighted by atomic mass is 10.1. The van der Waals surface area contributed by atoms with E-state index in [1.165, 1.54) is 39.7 Å². The Bertz CT molecular complexity index is 605. The first-order chi connectivity index (χ1) is 9.79. The summed E-state index contributed by atoms with van der Waals surface area (Å²) in [6.07, 6.45) is 2.68. The smallest absolute Gasteiger partial charge is 0.186 e. The lowest BCUT2D eigenvalue weighted by molar-refractivity contribution is 0.691. The van der Waals surface area contributed by atoms with Crippen molar-refractivity contribution in [2.24, 2.45) is 0 Å². The molecule has 0 amide bonds. The Hall–Kier alpha value is -1.39. The fourth-order valence-corrected chi connectivity index (χ4v) is 3.71. The minimum Gasteiger partial charge on any atom is -0.339 e. The van der Waals surface area contributed by atoms with E-state index < -0.39 is 0 Å². The third-order valence-corrected chi connectivity index (χ3v) is 5.34. The van der Waals surface area contributed by atoms with Gasteiger partial charge in [-0.25, -0.2) is 4.98 Å². The summed E-state index contributed by atoms with van der Waals surface area (Å²) in [7, 11) is 0. The summed E-state index contributed by atoms with van der Waals surface area (Å²) in [6, 6.07) is 9.47. The topological polar surface area (TPSA) is 28.2 Å². The third-order valence-electron chi connectivity index (χ3n) is 4.12. The molecular formula is C16H19N3S. The van der Waals surface area contributed by atoms with E-state index in [0.717, 1.165) is 25.7 Å². The van der Waals surface area contributed by atoms with Crippen LogP contribution in [0.1, 0.15) is 34.5 Å². The van der Waals surface area contributed by atoms with Gasteiger partial charge in [-0.15, -0.1) is 11.3 Å². The molecule has 3 nitrogen and oxygen atoms in total. The SMILES string of the molecule is Cc1nc(N2Cc3ccccc3C2)sc1CNC1CC1. The lowest BCUT2D eigenvalue weighted by Crippen LogP contribution is -2.15. The number of rotatable bonds is 4. The summed E-state index contributed by atoms with van der Waals surface area (Å²) in [5, 5.41) is 4.76. The number of nitrogens with one attached hydrogen (secondary N) is 1. The molecule has 1 fully saturated rings. The van der Waals surface area contributed by atoms with Crippen LogP contribution < -0.4 is 10.2 Å². The highest BCUT2D eigenvalue weighted by molar-refractivity contribution is 7.15. The highest BCUT2D eigenvalue weighted by Gasteiger charge is 2.24. The van der Waals surface area contributed by atoms with Crippen LogP contribution in [0, 0.1) is 6.92 Å². The molecule has 0 unspecified atom stereocenters. The summed E-state index contributed by atoms with van der Waals surface area (Å²) in [5.74, 6) is 0. The van der Waals surface area contributed by atoms with E-state index in [1.54, 1.807) is 0 Å². The van der Waals surface area contributed by atoms with Crippen LogP contribution in [-0.4, -0.2) is 11.0 Å². The van der Waals surface area contributed by atoms with Crippen molar-refractivity contribution in [3.8, 4) is 0 Å². The van der Waals surface area contributed by atoms with Crippen LogP contribution in [0.3, 0.4) is 0 Å². The van der Waals surface area contributed by atoms with Gasteiger partial charge in [-0.2, -0.15) is 0 Å². The summed E-state index contributed by atoms with van der Waals surface area (Å²) in [6.45, 7) is 5.11. The van der Waals surface area contributed by atoms with Crippen LogP contribution in [0.5, 0.6) is 0 Å².